The number of ether oxygens (including phenoxy) is 1. The number of carbonyl (C=O) groups excluding carboxylic acids is 3. The smallest absolute Gasteiger partial charge is 0.406 e. The van der Waals surface area contributed by atoms with Gasteiger partial charge in [-0.2, -0.15) is 0 Å². The van der Waals surface area contributed by atoms with Gasteiger partial charge in [0.05, 0.1) is 17.8 Å². The van der Waals surface area contributed by atoms with Crippen LogP contribution in [0.15, 0.2) is 54.0 Å². The molecule has 0 saturated carbocycles. The van der Waals surface area contributed by atoms with Crippen molar-refractivity contribution in [2.24, 2.45) is 0 Å². The second-order valence-corrected chi connectivity index (χ2v) is 10.9. The molecule has 3 amide bonds. The molecule has 3 aromatic rings. The van der Waals surface area contributed by atoms with Gasteiger partial charge in [-0.1, -0.05) is 12.1 Å². The van der Waals surface area contributed by atoms with Crippen LogP contribution >= 0.6 is 11.3 Å². The lowest BCUT2D eigenvalue weighted by atomic mass is 10.0. The van der Waals surface area contributed by atoms with Crippen molar-refractivity contribution in [3.63, 3.8) is 0 Å². The first-order valence-electron chi connectivity index (χ1n) is 12.4. The highest BCUT2D eigenvalue weighted by molar-refractivity contribution is 7.09. The summed E-state index contributed by atoms with van der Waals surface area (Å²) in [6.45, 7) is 3.07. The normalized spacial score (nSPS) is 15.7. The Hall–Kier alpha value is -4.20. The van der Waals surface area contributed by atoms with Crippen molar-refractivity contribution in [2.45, 2.75) is 44.8 Å². The van der Waals surface area contributed by atoms with Crippen LogP contribution in [-0.4, -0.2) is 54.2 Å². The Morgan fingerprint density at radius 2 is 1.83 bits per heavy atom. The van der Waals surface area contributed by atoms with Gasteiger partial charge in [-0.15, -0.1) is 24.5 Å². The number of carbonyl (C=O) groups is 3. The topological polar surface area (TPSA) is 104 Å². The predicted molar refractivity (Wildman–Crippen MR) is 144 cm³/mol. The fourth-order valence-corrected chi connectivity index (χ4v) is 4.94. The molecule has 218 valence electrons. The minimum Gasteiger partial charge on any atom is -0.406 e. The van der Waals surface area contributed by atoms with E-state index < -0.39 is 47.2 Å². The molecule has 1 aliphatic rings. The summed E-state index contributed by atoms with van der Waals surface area (Å²) in [4.78, 5) is 46.2. The van der Waals surface area contributed by atoms with E-state index in [1.165, 1.54) is 79.6 Å². The summed E-state index contributed by atoms with van der Waals surface area (Å²) in [5.74, 6) is -2.54. The van der Waals surface area contributed by atoms with E-state index in [2.05, 4.69) is 20.4 Å². The van der Waals surface area contributed by atoms with Gasteiger partial charge in [0.25, 0.3) is 5.91 Å². The number of aromatic nitrogens is 1. The number of alkyl halides is 3. The van der Waals surface area contributed by atoms with Crippen molar-refractivity contribution in [3.8, 4) is 5.75 Å². The van der Waals surface area contributed by atoms with E-state index in [0.29, 0.717) is 16.3 Å². The van der Waals surface area contributed by atoms with Gasteiger partial charge in [0.1, 0.15) is 28.2 Å². The molecule has 9 nitrogen and oxygen atoms in total. The third-order valence-electron chi connectivity index (χ3n) is 6.32. The summed E-state index contributed by atoms with van der Waals surface area (Å²) in [6, 6.07) is 8.01. The monoisotopic (exact) mass is 593 g/mol. The first-order chi connectivity index (χ1) is 19.2. The summed E-state index contributed by atoms with van der Waals surface area (Å²) < 4.78 is 55.8. The van der Waals surface area contributed by atoms with Crippen LogP contribution in [0.2, 0.25) is 0 Å². The van der Waals surface area contributed by atoms with Crippen LogP contribution in [-0.2, 0) is 27.3 Å². The number of amides is 3. The van der Waals surface area contributed by atoms with Crippen molar-refractivity contribution in [2.75, 3.05) is 23.4 Å². The number of nitrogens with one attached hydrogen (secondary N) is 2. The molecule has 0 bridgehead atoms. The highest BCUT2D eigenvalue weighted by atomic mass is 32.1. The van der Waals surface area contributed by atoms with Crippen LogP contribution in [0.1, 0.15) is 24.4 Å². The summed E-state index contributed by atoms with van der Waals surface area (Å²) in [7, 11) is 1.45. The molecule has 0 saturated heterocycles. The van der Waals surface area contributed by atoms with Crippen molar-refractivity contribution in [1.29, 1.82) is 0 Å². The predicted octanol–water partition coefficient (Wildman–Crippen LogP) is 3.79. The van der Waals surface area contributed by atoms with Crippen LogP contribution < -0.4 is 25.2 Å². The maximum atomic E-state index is 14.2. The zero-order chi connectivity index (χ0) is 29.9. The number of fused-ring (bicyclic) bond motifs is 1. The van der Waals surface area contributed by atoms with E-state index in [1.54, 1.807) is 16.5 Å². The first kappa shape index (κ1) is 29.8. The molecule has 2 N–H and O–H groups in total. The molecule has 0 spiro atoms. The fraction of sp³-hybridized carbons (Fsp3) is 0.333. The standard InChI is InChI=1S/C27H27F4N5O4S/c1-26(2,34-22(37)13-23-32-10-11-41-23)25(39)33-19-15-36(14-16-4-7-18(8-5-16)40-27(29,30)31)20-9-6-17(28)12-21(20)35(3)24(19)38/h4-12,19H,13-15H2,1-3H3,(H,33,39)(H,34,37)/t19-/m1/s1. The quantitative estimate of drug-likeness (QED) is 0.386. The molecule has 0 unspecified atom stereocenters. The molecule has 2 aromatic carbocycles. The minimum atomic E-state index is -4.83. The highest BCUT2D eigenvalue weighted by Crippen LogP contribution is 2.34. The number of likely N-dealkylation sites (N-methyl/N-ethyl adjacent to an activating group) is 1. The Morgan fingerprint density at radius 1 is 1.12 bits per heavy atom. The van der Waals surface area contributed by atoms with Gasteiger partial charge in [0.2, 0.25) is 11.8 Å². The second-order valence-electron chi connectivity index (χ2n) is 9.90. The SMILES string of the molecule is CN1C(=O)[C@H](NC(=O)C(C)(C)NC(=O)Cc2nccs2)CN(Cc2ccc(OC(F)(F)F)cc2)c2ccc(F)cc21. The molecule has 41 heavy (non-hydrogen) atoms. The molecule has 2 heterocycles. The van der Waals surface area contributed by atoms with Gasteiger partial charge < -0.3 is 25.2 Å². The number of benzene rings is 2. The van der Waals surface area contributed by atoms with Crippen LogP contribution in [0.4, 0.5) is 28.9 Å². The number of nitrogens with zero attached hydrogens (tertiary/aromatic N) is 3. The first-order valence-corrected chi connectivity index (χ1v) is 13.3. The largest absolute Gasteiger partial charge is 0.573 e. The maximum absolute atomic E-state index is 14.2. The summed E-state index contributed by atoms with van der Waals surface area (Å²) in [5.41, 5.74) is -0.0884. The highest BCUT2D eigenvalue weighted by Gasteiger charge is 2.37. The average Bonchev–Trinajstić information content (AvgIpc) is 3.36. The third kappa shape index (κ3) is 7.51. The van der Waals surface area contributed by atoms with Crippen LogP contribution in [0.3, 0.4) is 0 Å². The number of thiazole rings is 1. The van der Waals surface area contributed by atoms with Gasteiger partial charge in [-0.05, 0) is 49.7 Å². The average molecular weight is 594 g/mol. The van der Waals surface area contributed by atoms with Crippen molar-refractivity contribution >= 4 is 40.4 Å². The van der Waals surface area contributed by atoms with Crippen molar-refractivity contribution in [1.82, 2.24) is 15.6 Å². The van der Waals surface area contributed by atoms with Gasteiger partial charge in [-0.25, -0.2) is 9.37 Å². The minimum absolute atomic E-state index is 0.0130. The van der Waals surface area contributed by atoms with Crippen LogP contribution in [0, 0.1) is 5.82 Å². The lowest BCUT2D eigenvalue weighted by Gasteiger charge is -2.30. The second kappa shape index (κ2) is 11.7. The molecule has 0 fully saturated rings. The fourth-order valence-electron chi connectivity index (χ4n) is 4.32. The molecule has 1 aliphatic heterocycles. The van der Waals surface area contributed by atoms with Crippen molar-refractivity contribution < 1.29 is 36.7 Å². The molecular formula is C27H27F4N5O4S. The molecule has 0 radical (unpaired) electrons. The van der Waals surface area contributed by atoms with E-state index in [1.807, 2.05) is 0 Å². The summed E-state index contributed by atoms with van der Waals surface area (Å²) in [5, 5.41) is 7.68. The molecule has 1 aromatic heterocycles. The molecule has 1 atom stereocenters. The Morgan fingerprint density at radius 3 is 2.46 bits per heavy atom. The zero-order valence-corrected chi connectivity index (χ0v) is 23.1. The van der Waals surface area contributed by atoms with E-state index >= 15 is 0 Å². The number of rotatable bonds is 8. The third-order valence-corrected chi connectivity index (χ3v) is 7.10. The van der Waals surface area contributed by atoms with E-state index in [-0.39, 0.29) is 25.2 Å². The van der Waals surface area contributed by atoms with E-state index in [0.717, 1.165) is 0 Å². The molecule has 0 aliphatic carbocycles. The number of hydrogen-bond acceptors (Lipinski definition) is 7. The van der Waals surface area contributed by atoms with Crippen LogP contribution in [0.25, 0.3) is 0 Å². The molecule has 4 rings (SSSR count). The lowest BCUT2D eigenvalue weighted by molar-refractivity contribution is -0.274. The van der Waals surface area contributed by atoms with Gasteiger partial charge in [0, 0.05) is 31.7 Å². The van der Waals surface area contributed by atoms with E-state index in [4.69, 9.17) is 0 Å². The molecule has 14 heteroatoms. The van der Waals surface area contributed by atoms with Crippen molar-refractivity contribution in [3.05, 3.63) is 70.4 Å². The Labute approximate surface area is 237 Å². The zero-order valence-electron chi connectivity index (χ0n) is 22.3. The number of halogens is 4. The molecular weight excluding hydrogens is 566 g/mol. The van der Waals surface area contributed by atoms with E-state index in [9.17, 15) is 31.9 Å². The van der Waals surface area contributed by atoms with Crippen LogP contribution in [0.5, 0.6) is 5.75 Å². The Kier molecular flexibility index (Phi) is 8.52. The summed E-state index contributed by atoms with van der Waals surface area (Å²) in [6.07, 6.45) is -3.28. The summed E-state index contributed by atoms with van der Waals surface area (Å²) >= 11 is 1.30. The number of anilines is 2. The lowest BCUT2D eigenvalue weighted by Crippen LogP contribution is -2.60. The van der Waals surface area contributed by atoms with Gasteiger partial charge >= 0.3 is 6.36 Å². The number of hydrogen-bond donors (Lipinski definition) is 2. The van der Waals surface area contributed by atoms with Gasteiger partial charge in [-0.3, -0.25) is 14.4 Å². The Balaban J connectivity index is 1.54. The van der Waals surface area contributed by atoms with Gasteiger partial charge in [0.15, 0.2) is 0 Å². The Bertz CT molecular complexity index is 1410. The maximum Gasteiger partial charge on any atom is 0.573 e.